The molecule has 1 heterocycles. The fourth-order valence-electron chi connectivity index (χ4n) is 2.85. The lowest BCUT2D eigenvalue weighted by atomic mass is 10.1. The van der Waals surface area contributed by atoms with Crippen LogP contribution >= 0.6 is 11.3 Å². The van der Waals surface area contributed by atoms with Crippen LogP contribution in [0.2, 0.25) is 0 Å². The molecule has 1 amide bonds. The van der Waals surface area contributed by atoms with Gasteiger partial charge < -0.3 is 14.2 Å². The van der Waals surface area contributed by atoms with Gasteiger partial charge in [-0.05, 0) is 24.3 Å². The van der Waals surface area contributed by atoms with E-state index in [0.29, 0.717) is 22.3 Å². The highest BCUT2D eigenvalue weighted by Gasteiger charge is 2.22. The van der Waals surface area contributed by atoms with E-state index in [-0.39, 0.29) is 23.6 Å². The standard InChI is InChI=1S/C22H20N2O6S/c1-14(25)24(18-10-6-7-11-19(18)28-2)22-23-15(13-31-22)12-30-21(27)17-9-5-4-8-16(17)20(26)29-3/h4-11,13H,12H2,1-3H3. The van der Waals surface area contributed by atoms with Gasteiger partial charge in [-0.2, -0.15) is 0 Å². The molecule has 0 spiro atoms. The Morgan fingerprint density at radius 3 is 2.26 bits per heavy atom. The molecule has 31 heavy (non-hydrogen) atoms. The Bertz CT molecular complexity index is 1110. The van der Waals surface area contributed by atoms with Crippen molar-refractivity contribution in [3.8, 4) is 5.75 Å². The van der Waals surface area contributed by atoms with Crippen molar-refractivity contribution in [2.45, 2.75) is 13.5 Å². The lowest BCUT2D eigenvalue weighted by Gasteiger charge is -2.20. The minimum Gasteiger partial charge on any atom is -0.495 e. The maximum Gasteiger partial charge on any atom is 0.339 e. The van der Waals surface area contributed by atoms with Crippen LogP contribution in [0.25, 0.3) is 0 Å². The van der Waals surface area contributed by atoms with Gasteiger partial charge in [-0.25, -0.2) is 14.6 Å². The van der Waals surface area contributed by atoms with Gasteiger partial charge in [-0.1, -0.05) is 24.3 Å². The molecule has 0 bridgehead atoms. The number of carbonyl (C=O) groups is 3. The van der Waals surface area contributed by atoms with Gasteiger partial charge >= 0.3 is 11.9 Å². The van der Waals surface area contributed by atoms with Crippen LogP contribution in [0.3, 0.4) is 0 Å². The number of rotatable bonds is 7. The number of benzene rings is 2. The summed E-state index contributed by atoms with van der Waals surface area (Å²) < 4.78 is 15.4. The Morgan fingerprint density at radius 2 is 1.61 bits per heavy atom. The van der Waals surface area contributed by atoms with Crippen molar-refractivity contribution in [3.63, 3.8) is 0 Å². The third kappa shape index (κ3) is 4.89. The highest BCUT2D eigenvalue weighted by atomic mass is 32.1. The van der Waals surface area contributed by atoms with Gasteiger partial charge in [-0.3, -0.25) is 9.69 Å². The molecular formula is C22H20N2O6S. The maximum absolute atomic E-state index is 12.5. The predicted octanol–water partition coefficient (Wildman–Crippen LogP) is 3.98. The van der Waals surface area contributed by atoms with Gasteiger partial charge in [0, 0.05) is 12.3 Å². The Labute approximate surface area is 183 Å². The number of ether oxygens (including phenoxy) is 3. The van der Waals surface area contributed by atoms with Gasteiger partial charge in [0.25, 0.3) is 0 Å². The molecule has 2 aromatic carbocycles. The zero-order chi connectivity index (χ0) is 22.4. The lowest BCUT2D eigenvalue weighted by molar-refractivity contribution is -0.115. The van der Waals surface area contributed by atoms with Crippen LogP contribution in [-0.2, 0) is 20.9 Å². The fourth-order valence-corrected chi connectivity index (χ4v) is 3.72. The van der Waals surface area contributed by atoms with Gasteiger partial charge in [0.2, 0.25) is 5.91 Å². The second-order valence-electron chi connectivity index (χ2n) is 6.26. The smallest absolute Gasteiger partial charge is 0.339 e. The number of esters is 2. The first-order chi connectivity index (χ1) is 15.0. The Morgan fingerprint density at radius 1 is 0.968 bits per heavy atom. The zero-order valence-electron chi connectivity index (χ0n) is 17.2. The lowest BCUT2D eigenvalue weighted by Crippen LogP contribution is -2.23. The highest BCUT2D eigenvalue weighted by Crippen LogP contribution is 2.35. The average Bonchev–Trinajstić information content (AvgIpc) is 3.25. The third-order valence-electron chi connectivity index (χ3n) is 4.28. The summed E-state index contributed by atoms with van der Waals surface area (Å²) in [4.78, 5) is 42.5. The number of thiazole rings is 1. The van der Waals surface area contributed by atoms with Crippen LogP contribution < -0.4 is 9.64 Å². The summed E-state index contributed by atoms with van der Waals surface area (Å²) in [5, 5.41) is 2.11. The fraction of sp³-hybridized carbons (Fsp3) is 0.182. The number of methoxy groups -OCH3 is 2. The van der Waals surface area contributed by atoms with Crippen molar-refractivity contribution < 1.29 is 28.6 Å². The van der Waals surface area contributed by atoms with E-state index in [1.807, 2.05) is 0 Å². The normalized spacial score (nSPS) is 10.3. The predicted molar refractivity (Wildman–Crippen MR) is 115 cm³/mol. The molecule has 0 atom stereocenters. The van der Waals surface area contributed by atoms with E-state index in [1.54, 1.807) is 41.8 Å². The molecule has 0 unspecified atom stereocenters. The topological polar surface area (TPSA) is 95.0 Å². The molecule has 0 radical (unpaired) electrons. The van der Waals surface area contributed by atoms with Crippen LogP contribution in [0.15, 0.2) is 53.9 Å². The third-order valence-corrected chi connectivity index (χ3v) is 5.15. The highest BCUT2D eigenvalue weighted by molar-refractivity contribution is 7.14. The van der Waals surface area contributed by atoms with E-state index in [1.165, 1.54) is 49.5 Å². The second kappa shape index (κ2) is 9.86. The summed E-state index contributed by atoms with van der Waals surface area (Å²) >= 11 is 1.23. The summed E-state index contributed by atoms with van der Waals surface area (Å²) in [5.41, 5.74) is 1.24. The van der Waals surface area contributed by atoms with E-state index < -0.39 is 11.9 Å². The van der Waals surface area contributed by atoms with E-state index in [9.17, 15) is 14.4 Å². The number of aromatic nitrogens is 1. The number of nitrogens with zero attached hydrogens (tertiary/aromatic N) is 2. The molecule has 0 aliphatic carbocycles. The summed E-state index contributed by atoms with van der Waals surface area (Å²) in [6.07, 6.45) is 0. The van der Waals surface area contributed by atoms with Crippen molar-refractivity contribution in [1.29, 1.82) is 0 Å². The number of anilines is 2. The maximum atomic E-state index is 12.5. The van der Waals surface area contributed by atoms with Gasteiger partial charge in [0.15, 0.2) is 5.13 Å². The molecule has 0 N–H and O–H groups in total. The van der Waals surface area contributed by atoms with Crippen LogP contribution in [-0.4, -0.2) is 37.0 Å². The van der Waals surface area contributed by atoms with E-state index in [0.717, 1.165) is 0 Å². The number of amides is 1. The minimum absolute atomic E-state index is 0.101. The summed E-state index contributed by atoms with van der Waals surface area (Å²) in [7, 11) is 2.76. The first-order valence-corrected chi connectivity index (χ1v) is 10.1. The molecule has 160 valence electrons. The molecule has 0 saturated carbocycles. The first-order valence-electron chi connectivity index (χ1n) is 9.18. The van der Waals surface area contributed by atoms with E-state index in [2.05, 4.69) is 4.98 Å². The second-order valence-corrected chi connectivity index (χ2v) is 7.10. The Kier molecular flexibility index (Phi) is 6.99. The zero-order valence-corrected chi connectivity index (χ0v) is 18.0. The quantitative estimate of drug-likeness (QED) is 0.513. The molecule has 3 aromatic rings. The van der Waals surface area contributed by atoms with Gasteiger partial charge in [-0.15, -0.1) is 11.3 Å². The first kappa shape index (κ1) is 22.0. The molecule has 9 heteroatoms. The van der Waals surface area contributed by atoms with Gasteiger partial charge in [0.1, 0.15) is 12.4 Å². The van der Waals surface area contributed by atoms with Crippen molar-refractivity contribution in [2.24, 2.45) is 0 Å². The Hall–Kier alpha value is -3.72. The number of hydrogen-bond acceptors (Lipinski definition) is 8. The minimum atomic E-state index is -0.677. The van der Waals surface area contributed by atoms with E-state index >= 15 is 0 Å². The molecule has 3 rings (SSSR count). The summed E-state index contributed by atoms with van der Waals surface area (Å²) in [6, 6.07) is 13.3. The van der Waals surface area contributed by atoms with Crippen molar-refractivity contribution in [2.75, 3.05) is 19.1 Å². The van der Waals surface area contributed by atoms with Crippen LogP contribution in [0.1, 0.15) is 33.3 Å². The van der Waals surface area contributed by atoms with E-state index in [4.69, 9.17) is 14.2 Å². The molecule has 0 aliphatic heterocycles. The summed E-state index contributed by atoms with van der Waals surface area (Å²) in [6.45, 7) is 1.31. The molecule has 0 fully saturated rings. The van der Waals surface area contributed by atoms with Crippen LogP contribution in [0.5, 0.6) is 5.75 Å². The number of para-hydroxylation sites is 2. The molecule has 0 saturated heterocycles. The number of hydrogen-bond donors (Lipinski definition) is 0. The van der Waals surface area contributed by atoms with Gasteiger partial charge in [0.05, 0.1) is 36.7 Å². The Balaban J connectivity index is 1.78. The average molecular weight is 440 g/mol. The van der Waals surface area contributed by atoms with Crippen LogP contribution in [0.4, 0.5) is 10.8 Å². The number of carbonyl (C=O) groups excluding carboxylic acids is 3. The largest absolute Gasteiger partial charge is 0.495 e. The molecule has 0 aliphatic rings. The van der Waals surface area contributed by atoms with Crippen LogP contribution in [0, 0.1) is 0 Å². The molecule has 1 aromatic heterocycles. The van der Waals surface area contributed by atoms with Crippen molar-refractivity contribution >= 4 is 40.0 Å². The molecule has 8 nitrogen and oxygen atoms in total. The van der Waals surface area contributed by atoms with Crippen molar-refractivity contribution in [3.05, 3.63) is 70.7 Å². The van der Waals surface area contributed by atoms with Crippen molar-refractivity contribution in [1.82, 2.24) is 4.98 Å². The SMILES string of the molecule is COC(=O)c1ccccc1C(=O)OCc1csc(N(C(C)=O)c2ccccc2OC)n1. The molecular weight excluding hydrogens is 420 g/mol. The monoisotopic (exact) mass is 440 g/mol. The summed E-state index contributed by atoms with van der Waals surface area (Å²) in [5.74, 6) is -1.02.